The van der Waals surface area contributed by atoms with Crippen LogP contribution < -0.4 is 15.5 Å². The third kappa shape index (κ3) is 4.85. The van der Waals surface area contributed by atoms with Gasteiger partial charge >= 0.3 is 18.0 Å². The van der Waals surface area contributed by atoms with Crippen molar-refractivity contribution in [1.82, 2.24) is 5.32 Å². The summed E-state index contributed by atoms with van der Waals surface area (Å²) in [4.78, 5) is 36.0. The maximum absolute atomic E-state index is 11.9. The molecule has 1 atom stereocenters. The van der Waals surface area contributed by atoms with E-state index < -0.39 is 30.1 Å². The molecular formula is C15H21N3O6. The lowest BCUT2D eigenvalue weighted by molar-refractivity contribution is -0.155. The Morgan fingerprint density at radius 3 is 2.42 bits per heavy atom. The number of hydrogen-bond acceptors (Lipinski definition) is 6. The number of benzene rings is 1. The molecule has 0 heterocycles. The highest BCUT2D eigenvalue weighted by Crippen LogP contribution is 2.26. The SMILES string of the molecule is COC(=O)c1ccc(NC(=O)NCC(C)(O)C(=O)O)c(N(C)C)c1. The number of carboxylic acid groups (broad SMARTS) is 1. The van der Waals surface area contributed by atoms with Gasteiger partial charge in [-0.15, -0.1) is 0 Å². The molecule has 1 aromatic rings. The van der Waals surface area contributed by atoms with Gasteiger partial charge in [0.05, 0.1) is 30.6 Å². The number of methoxy groups -OCH3 is 1. The van der Waals surface area contributed by atoms with Gasteiger partial charge in [-0.25, -0.2) is 14.4 Å². The molecule has 132 valence electrons. The summed E-state index contributed by atoms with van der Waals surface area (Å²) in [5, 5.41) is 23.2. The maximum atomic E-state index is 11.9. The minimum atomic E-state index is -2.07. The summed E-state index contributed by atoms with van der Waals surface area (Å²) in [5.41, 5.74) is -0.796. The number of rotatable bonds is 6. The largest absolute Gasteiger partial charge is 0.479 e. The van der Waals surface area contributed by atoms with Crippen LogP contribution in [0.2, 0.25) is 0 Å². The number of carboxylic acids is 1. The highest BCUT2D eigenvalue weighted by molar-refractivity contribution is 5.97. The first kappa shape index (κ1) is 19.2. The summed E-state index contributed by atoms with van der Waals surface area (Å²) >= 11 is 0. The molecular weight excluding hydrogens is 318 g/mol. The fourth-order valence-electron chi connectivity index (χ4n) is 1.75. The zero-order valence-corrected chi connectivity index (χ0v) is 13.9. The van der Waals surface area contributed by atoms with Crippen molar-refractivity contribution in [2.45, 2.75) is 12.5 Å². The van der Waals surface area contributed by atoms with E-state index in [0.717, 1.165) is 6.92 Å². The lowest BCUT2D eigenvalue weighted by Crippen LogP contribution is -2.47. The zero-order valence-electron chi connectivity index (χ0n) is 13.9. The number of aliphatic carboxylic acids is 1. The molecule has 0 aromatic heterocycles. The van der Waals surface area contributed by atoms with Crippen LogP contribution in [-0.4, -0.2) is 61.5 Å². The second kappa shape index (κ2) is 7.64. The summed E-state index contributed by atoms with van der Waals surface area (Å²) in [7, 11) is 4.73. The molecule has 0 fully saturated rings. The van der Waals surface area contributed by atoms with Crippen molar-refractivity contribution in [2.24, 2.45) is 0 Å². The smallest absolute Gasteiger partial charge is 0.337 e. The van der Waals surface area contributed by atoms with Crippen LogP contribution in [0.15, 0.2) is 18.2 Å². The number of hydrogen-bond donors (Lipinski definition) is 4. The predicted molar refractivity (Wildman–Crippen MR) is 87.4 cm³/mol. The maximum Gasteiger partial charge on any atom is 0.337 e. The van der Waals surface area contributed by atoms with Gasteiger partial charge in [0.25, 0.3) is 0 Å². The van der Waals surface area contributed by atoms with Crippen molar-refractivity contribution in [3.63, 3.8) is 0 Å². The van der Waals surface area contributed by atoms with Gasteiger partial charge in [-0.05, 0) is 25.1 Å². The predicted octanol–water partition coefficient (Wildman–Crippen LogP) is 0.496. The molecule has 0 aliphatic rings. The van der Waals surface area contributed by atoms with E-state index >= 15 is 0 Å². The van der Waals surface area contributed by atoms with Crippen molar-refractivity contribution in [2.75, 3.05) is 38.0 Å². The Morgan fingerprint density at radius 1 is 1.29 bits per heavy atom. The molecule has 0 radical (unpaired) electrons. The Labute approximate surface area is 139 Å². The highest BCUT2D eigenvalue weighted by atomic mass is 16.5. The first-order valence-corrected chi connectivity index (χ1v) is 6.99. The van der Waals surface area contributed by atoms with Crippen molar-refractivity contribution in [3.05, 3.63) is 23.8 Å². The molecule has 0 saturated heterocycles. The number of carbonyl (C=O) groups excluding carboxylic acids is 2. The number of anilines is 2. The van der Waals surface area contributed by atoms with E-state index in [9.17, 15) is 19.5 Å². The molecule has 0 bridgehead atoms. The molecule has 4 N–H and O–H groups in total. The van der Waals surface area contributed by atoms with E-state index in [2.05, 4.69) is 15.4 Å². The number of carbonyl (C=O) groups is 3. The Morgan fingerprint density at radius 2 is 1.92 bits per heavy atom. The van der Waals surface area contributed by atoms with Gasteiger partial charge in [0, 0.05) is 14.1 Å². The molecule has 9 heteroatoms. The molecule has 0 saturated carbocycles. The fraction of sp³-hybridized carbons (Fsp3) is 0.400. The van der Waals surface area contributed by atoms with Crippen LogP contribution in [0, 0.1) is 0 Å². The summed E-state index contributed by atoms with van der Waals surface area (Å²) in [6.45, 7) is 0.609. The van der Waals surface area contributed by atoms with Crippen LogP contribution >= 0.6 is 0 Å². The first-order valence-electron chi connectivity index (χ1n) is 6.99. The normalized spacial score (nSPS) is 12.7. The summed E-state index contributed by atoms with van der Waals surface area (Å²) in [6.07, 6.45) is 0. The minimum absolute atomic E-state index is 0.320. The number of amides is 2. The minimum Gasteiger partial charge on any atom is -0.479 e. The Bertz CT molecular complexity index is 642. The van der Waals surface area contributed by atoms with E-state index in [4.69, 9.17) is 5.11 Å². The van der Waals surface area contributed by atoms with Crippen LogP contribution in [-0.2, 0) is 9.53 Å². The van der Waals surface area contributed by atoms with E-state index in [1.54, 1.807) is 25.1 Å². The monoisotopic (exact) mass is 339 g/mol. The van der Waals surface area contributed by atoms with Crippen molar-refractivity contribution in [1.29, 1.82) is 0 Å². The third-order valence-corrected chi connectivity index (χ3v) is 3.20. The van der Waals surface area contributed by atoms with Crippen LogP contribution in [0.5, 0.6) is 0 Å². The van der Waals surface area contributed by atoms with Gasteiger partial charge in [-0.2, -0.15) is 0 Å². The lowest BCUT2D eigenvalue weighted by Gasteiger charge is -2.21. The Hall–Kier alpha value is -2.81. The molecule has 0 spiro atoms. The van der Waals surface area contributed by atoms with Crippen LogP contribution in [0.3, 0.4) is 0 Å². The van der Waals surface area contributed by atoms with Crippen LogP contribution in [0.4, 0.5) is 16.2 Å². The van der Waals surface area contributed by atoms with Crippen LogP contribution in [0.25, 0.3) is 0 Å². The van der Waals surface area contributed by atoms with E-state index in [1.807, 2.05) is 0 Å². The fourth-order valence-corrected chi connectivity index (χ4v) is 1.75. The number of esters is 1. The number of nitrogens with one attached hydrogen (secondary N) is 2. The highest BCUT2D eigenvalue weighted by Gasteiger charge is 2.30. The van der Waals surface area contributed by atoms with E-state index in [0.29, 0.717) is 16.9 Å². The average molecular weight is 339 g/mol. The molecule has 24 heavy (non-hydrogen) atoms. The van der Waals surface area contributed by atoms with Crippen molar-refractivity contribution < 1.29 is 29.3 Å². The third-order valence-electron chi connectivity index (χ3n) is 3.20. The zero-order chi connectivity index (χ0) is 18.5. The Balaban J connectivity index is 2.88. The molecule has 1 unspecified atom stereocenters. The van der Waals surface area contributed by atoms with E-state index in [1.165, 1.54) is 19.2 Å². The van der Waals surface area contributed by atoms with Gasteiger partial charge in [0.2, 0.25) is 0 Å². The molecule has 0 aliphatic heterocycles. The Kier molecular flexibility index (Phi) is 6.13. The summed E-state index contributed by atoms with van der Waals surface area (Å²) in [6, 6.07) is 3.87. The lowest BCUT2D eigenvalue weighted by atomic mass is 10.1. The van der Waals surface area contributed by atoms with Gasteiger partial charge in [0.15, 0.2) is 5.60 Å². The topological polar surface area (TPSA) is 128 Å². The molecule has 0 aliphatic carbocycles. The van der Waals surface area contributed by atoms with Crippen LogP contribution in [0.1, 0.15) is 17.3 Å². The molecule has 1 rings (SSSR count). The summed E-state index contributed by atoms with van der Waals surface area (Å²) in [5.74, 6) is -1.95. The number of ether oxygens (including phenoxy) is 1. The molecule has 2 amide bonds. The first-order chi connectivity index (χ1) is 11.1. The van der Waals surface area contributed by atoms with Gasteiger partial charge < -0.3 is 30.5 Å². The average Bonchev–Trinajstić information content (AvgIpc) is 2.52. The number of urea groups is 1. The number of nitrogens with zero attached hydrogens (tertiary/aromatic N) is 1. The molecule has 9 nitrogen and oxygen atoms in total. The van der Waals surface area contributed by atoms with Gasteiger partial charge in [-0.3, -0.25) is 0 Å². The number of aliphatic hydroxyl groups is 1. The van der Waals surface area contributed by atoms with Gasteiger partial charge in [0.1, 0.15) is 0 Å². The second-order valence-corrected chi connectivity index (χ2v) is 5.50. The summed E-state index contributed by atoms with van der Waals surface area (Å²) < 4.78 is 4.65. The molecule has 1 aromatic carbocycles. The standard InChI is InChI=1S/C15H21N3O6/c1-15(23,13(20)21)8-16-14(22)17-10-6-5-9(12(19)24-4)7-11(10)18(2)3/h5-7,23H,8H2,1-4H3,(H,20,21)(H2,16,17,22). The van der Waals surface area contributed by atoms with E-state index in [-0.39, 0.29) is 0 Å². The quantitative estimate of drug-likeness (QED) is 0.555. The van der Waals surface area contributed by atoms with Crippen molar-refractivity contribution in [3.8, 4) is 0 Å². The van der Waals surface area contributed by atoms with Crippen molar-refractivity contribution >= 4 is 29.3 Å². The second-order valence-electron chi connectivity index (χ2n) is 5.50. The van der Waals surface area contributed by atoms with Gasteiger partial charge in [-0.1, -0.05) is 0 Å².